The lowest BCUT2D eigenvalue weighted by Gasteiger charge is -2.27. The standard InChI is InChI=1S/C16H18N2O3/c1-3-18(11(2)10-14(19)20)16(21)15-13-7-5-4-6-12(13)8-9-17-15/h4-9,11H,3,10H2,1-2H3,(H,19,20). The summed E-state index contributed by atoms with van der Waals surface area (Å²) in [4.78, 5) is 29.3. The van der Waals surface area contributed by atoms with Crippen molar-refractivity contribution in [3.8, 4) is 0 Å². The van der Waals surface area contributed by atoms with Crippen molar-refractivity contribution in [3.05, 3.63) is 42.2 Å². The molecule has 0 aliphatic rings. The Labute approximate surface area is 123 Å². The topological polar surface area (TPSA) is 70.5 Å². The monoisotopic (exact) mass is 286 g/mol. The highest BCUT2D eigenvalue weighted by Crippen LogP contribution is 2.19. The number of carbonyl (C=O) groups is 2. The van der Waals surface area contributed by atoms with Crippen LogP contribution in [0.15, 0.2) is 36.5 Å². The molecule has 2 rings (SSSR count). The number of hydrogen-bond donors (Lipinski definition) is 1. The Morgan fingerprint density at radius 2 is 2.00 bits per heavy atom. The van der Waals surface area contributed by atoms with E-state index in [1.165, 1.54) is 0 Å². The Morgan fingerprint density at radius 3 is 2.67 bits per heavy atom. The lowest BCUT2D eigenvalue weighted by Crippen LogP contribution is -2.40. The third-order valence-corrected chi connectivity index (χ3v) is 3.48. The average molecular weight is 286 g/mol. The fraction of sp³-hybridized carbons (Fsp3) is 0.312. The Hall–Kier alpha value is -2.43. The predicted molar refractivity (Wildman–Crippen MR) is 80.2 cm³/mol. The molecule has 0 radical (unpaired) electrons. The summed E-state index contributed by atoms with van der Waals surface area (Å²) in [7, 11) is 0. The molecule has 2 aromatic rings. The Morgan fingerprint density at radius 1 is 1.29 bits per heavy atom. The maximum absolute atomic E-state index is 12.7. The number of rotatable bonds is 5. The maximum atomic E-state index is 12.7. The van der Waals surface area contributed by atoms with Gasteiger partial charge in [0.25, 0.3) is 5.91 Å². The van der Waals surface area contributed by atoms with Gasteiger partial charge in [0.2, 0.25) is 0 Å². The molecular weight excluding hydrogens is 268 g/mol. The molecule has 21 heavy (non-hydrogen) atoms. The second-order valence-electron chi connectivity index (χ2n) is 4.92. The fourth-order valence-electron chi connectivity index (χ4n) is 2.44. The van der Waals surface area contributed by atoms with E-state index in [9.17, 15) is 9.59 Å². The van der Waals surface area contributed by atoms with Gasteiger partial charge in [0.05, 0.1) is 6.42 Å². The summed E-state index contributed by atoms with van der Waals surface area (Å²) in [5.74, 6) is -1.15. The average Bonchev–Trinajstić information content (AvgIpc) is 2.46. The van der Waals surface area contributed by atoms with Gasteiger partial charge in [-0.25, -0.2) is 0 Å². The van der Waals surface area contributed by atoms with Gasteiger partial charge in [0.15, 0.2) is 0 Å². The van der Waals surface area contributed by atoms with Crippen LogP contribution >= 0.6 is 0 Å². The zero-order valence-corrected chi connectivity index (χ0v) is 12.1. The van der Waals surface area contributed by atoms with Crippen molar-refractivity contribution in [2.75, 3.05) is 6.54 Å². The zero-order valence-electron chi connectivity index (χ0n) is 12.1. The number of nitrogens with zero attached hydrogens (tertiary/aromatic N) is 2. The first-order chi connectivity index (χ1) is 10.0. The van der Waals surface area contributed by atoms with Gasteiger partial charge in [-0.05, 0) is 25.3 Å². The van der Waals surface area contributed by atoms with Gasteiger partial charge >= 0.3 is 5.97 Å². The minimum atomic E-state index is -0.917. The van der Waals surface area contributed by atoms with E-state index in [2.05, 4.69) is 4.98 Å². The van der Waals surface area contributed by atoms with Crippen molar-refractivity contribution in [1.82, 2.24) is 9.88 Å². The number of carboxylic acids is 1. The van der Waals surface area contributed by atoms with Crippen LogP contribution < -0.4 is 0 Å². The number of pyridine rings is 1. The van der Waals surface area contributed by atoms with Gasteiger partial charge in [-0.3, -0.25) is 14.6 Å². The molecule has 1 N–H and O–H groups in total. The van der Waals surface area contributed by atoms with E-state index in [1.807, 2.05) is 37.3 Å². The number of aromatic nitrogens is 1. The molecule has 0 saturated carbocycles. The van der Waals surface area contributed by atoms with Gasteiger partial charge in [-0.15, -0.1) is 0 Å². The van der Waals surface area contributed by atoms with Crippen LogP contribution in [-0.2, 0) is 4.79 Å². The highest BCUT2D eigenvalue weighted by atomic mass is 16.4. The van der Waals surface area contributed by atoms with Crippen LogP contribution in [0.1, 0.15) is 30.8 Å². The van der Waals surface area contributed by atoms with Crippen LogP contribution in [0.5, 0.6) is 0 Å². The number of carboxylic acid groups (broad SMARTS) is 1. The summed E-state index contributed by atoms with van der Waals surface area (Å²) in [5, 5.41) is 10.6. The van der Waals surface area contributed by atoms with Crippen LogP contribution in [0, 0.1) is 0 Å². The summed E-state index contributed by atoms with van der Waals surface area (Å²) in [5.41, 5.74) is 0.368. The first-order valence-corrected chi connectivity index (χ1v) is 6.91. The minimum absolute atomic E-state index is 0.0790. The van der Waals surface area contributed by atoms with Crippen molar-refractivity contribution in [2.24, 2.45) is 0 Å². The molecule has 5 nitrogen and oxygen atoms in total. The van der Waals surface area contributed by atoms with E-state index in [0.29, 0.717) is 12.2 Å². The maximum Gasteiger partial charge on any atom is 0.305 e. The molecular formula is C16H18N2O3. The second kappa shape index (κ2) is 6.35. The third-order valence-electron chi connectivity index (χ3n) is 3.48. The van der Waals surface area contributed by atoms with E-state index in [4.69, 9.17) is 5.11 Å². The molecule has 5 heteroatoms. The van der Waals surface area contributed by atoms with E-state index in [0.717, 1.165) is 10.8 Å². The van der Waals surface area contributed by atoms with Crippen LogP contribution in [0.3, 0.4) is 0 Å². The number of aliphatic carboxylic acids is 1. The van der Waals surface area contributed by atoms with Crippen molar-refractivity contribution in [2.45, 2.75) is 26.3 Å². The third kappa shape index (κ3) is 3.18. The van der Waals surface area contributed by atoms with E-state index in [-0.39, 0.29) is 18.4 Å². The largest absolute Gasteiger partial charge is 0.481 e. The summed E-state index contributed by atoms with van der Waals surface area (Å²) < 4.78 is 0. The minimum Gasteiger partial charge on any atom is -0.481 e. The molecule has 1 amide bonds. The molecule has 0 aliphatic carbocycles. The second-order valence-corrected chi connectivity index (χ2v) is 4.92. The quantitative estimate of drug-likeness (QED) is 0.917. The van der Waals surface area contributed by atoms with Crippen molar-refractivity contribution in [1.29, 1.82) is 0 Å². The van der Waals surface area contributed by atoms with Crippen LogP contribution in [0.2, 0.25) is 0 Å². The number of carbonyl (C=O) groups excluding carboxylic acids is 1. The smallest absolute Gasteiger partial charge is 0.305 e. The molecule has 1 heterocycles. The number of hydrogen-bond acceptors (Lipinski definition) is 3. The molecule has 0 bridgehead atoms. The van der Waals surface area contributed by atoms with E-state index >= 15 is 0 Å². The molecule has 1 atom stereocenters. The summed E-state index contributed by atoms with van der Waals surface area (Å²) in [6.45, 7) is 4.01. The lowest BCUT2D eigenvalue weighted by molar-refractivity contribution is -0.138. The molecule has 110 valence electrons. The first kappa shape index (κ1) is 15.0. The number of amides is 1. The first-order valence-electron chi connectivity index (χ1n) is 6.91. The number of fused-ring (bicyclic) bond motifs is 1. The Kier molecular flexibility index (Phi) is 4.52. The Bertz CT molecular complexity index is 664. The molecule has 0 saturated heterocycles. The summed E-state index contributed by atoms with van der Waals surface area (Å²) in [6, 6.07) is 9.01. The van der Waals surface area contributed by atoms with Crippen LogP contribution in [0.25, 0.3) is 10.8 Å². The highest BCUT2D eigenvalue weighted by Gasteiger charge is 2.24. The number of benzene rings is 1. The predicted octanol–water partition coefficient (Wildman–Crippen LogP) is 2.56. The molecule has 0 spiro atoms. The summed E-state index contributed by atoms with van der Waals surface area (Å²) in [6.07, 6.45) is 1.52. The van der Waals surface area contributed by atoms with Crippen molar-refractivity contribution < 1.29 is 14.7 Å². The molecule has 1 aromatic carbocycles. The van der Waals surface area contributed by atoms with Gasteiger partial charge in [-0.1, -0.05) is 24.3 Å². The molecule has 1 aromatic heterocycles. The molecule has 0 aliphatic heterocycles. The van der Waals surface area contributed by atoms with Gasteiger partial charge in [0.1, 0.15) is 5.69 Å². The summed E-state index contributed by atoms with van der Waals surface area (Å²) >= 11 is 0. The van der Waals surface area contributed by atoms with Crippen molar-refractivity contribution >= 4 is 22.6 Å². The zero-order chi connectivity index (χ0) is 15.4. The van der Waals surface area contributed by atoms with Crippen LogP contribution in [-0.4, -0.2) is 39.5 Å². The van der Waals surface area contributed by atoms with E-state index < -0.39 is 5.97 Å². The van der Waals surface area contributed by atoms with Gasteiger partial charge in [-0.2, -0.15) is 0 Å². The normalized spacial score (nSPS) is 12.1. The molecule has 0 fully saturated rings. The lowest BCUT2D eigenvalue weighted by atomic mass is 10.1. The Balaban J connectivity index is 2.38. The van der Waals surface area contributed by atoms with Crippen molar-refractivity contribution in [3.63, 3.8) is 0 Å². The van der Waals surface area contributed by atoms with Crippen LogP contribution in [0.4, 0.5) is 0 Å². The highest BCUT2D eigenvalue weighted by molar-refractivity contribution is 6.05. The van der Waals surface area contributed by atoms with E-state index in [1.54, 1.807) is 18.0 Å². The van der Waals surface area contributed by atoms with Gasteiger partial charge in [0, 0.05) is 24.2 Å². The van der Waals surface area contributed by atoms with Gasteiger partial charge < -0.3 is 10.0 Å². The fourth-order valence-corrected chi connectivity index (χ4v) is 2.44. The molecule has 1 unspecified atom stereocenters. The SMILES string of the molecule is CCN(C(=O)c1nccc2ccccc12)C(C)CC(=O)O.